The van der Waals surface area contributed by atoms with Crippen LogP contribution >= 0.6 is 0 Å². The second-order valence-corrected chi connectivity index (χ2v) is 5.77. The molecule has 0 aliphatic carbocycles. The van der Waals surface area contributed by atoms with Gasteiger partial charge in [0.2, 0.25) is 5.91 Å². The van der Waals surface area contributed by atoms with Crippen LogP contribution in [0, 0.1) is 5.92 Å². The summed E-state index contributed by atoms with van der Waals surface area (Å²) in [6, 6.07) is 8.32. The van der Waals surface area contributed by atoms with Crippen LogP contribution in [0.25, 0.3) is 0 Å². The number of likely N-dealkylation sites (tertiary alicyclic amines) is 1. The maximum atomic E-state index is 12.2. The number of piperidine rings is 1. The fourth-order valence-corrected chi connectivity index (χ4v) is 2.88. The van der Waals surface area contributed by atoms with Gasteiger partial charge in [0.1, 0.15) is 0 Å². The molecule has 0 radical (unpaired) electrons. The highest BCUT2D eigenvalue weighted by molar-refractivity contribution is 5.76. The molecule has 1 aromatic rings. The summed E-state index contributed by atoms with van der Waals surface area (Å²) in [5, 5.41) is 3.40. The zero-order chi connectivity index (χ0) is 14.4. The Labute approximate surface area is 122 Å². The lowest BCUT2D eigenvalue weighted by Crippen LogP contribution is -2.39. The molecule has 1 unspecified atom stereocenters. The van der Waals surface area contributed by atoms with Crippen LogP contribution in [-0.2, 0) is 11.2 Å². The second-order valence-electron chi connectivity index (χ2n) is 5.77. The van der Waals surface area contributed by atoms with Crippen LogP contribution in [0.15, 0.2) is 24.3 Å². The third-order valence-electron chi connectivity index (χ3n) is 4.06. The molecule has 1 aliphatic heterocycles. The molecule has 20 heavy (non-hydrogen) atoms. The quantitative estimate of drug-likeness (QED) is 0.893. The van der Waals surface area contributed by atoms with Gasteiger partial charge >= 0.3 is 0 Å². The number of aryl methyl sites for hydroxylation is 1. The molecule has 0 bridgehead atoms. The van der Waals surface area contributed by atoms with Crippen molar-refractivity contribution in [1.29, 1.82) is 0 Å². The first-order chi connectivity index (χ1) is 9.70. The molecule has 1 fully saturated rings. The Morgan fingerprint density at radius 2 is 2.20 bits per heavy atom. The molecule has 1 atom stereocenters. The van der Waals surface area contributed by atoms with E-state index in [0.717, 1.165) is 38.2 Å². The molecular weight excluding hydrogens is 248 g/mol. The SMILES string of the molecule is CCc1ccccc1NCCC(=O)N1CCCC(C)C1. The maximum absolute atomic E-state index is 12.2. The predicted molar refractivity (Wildman–Crippen MR) is 83.9 cm³/mol. The van der Waals surface area contributed by atoms with Gasteiger partial charge in [0.05, 0.1) is 0 Å². The van der Waals surface area contributed by atoms with Crippen LogP contribution < -0.4 is 5.32 Å². The molecule has 0 saturated carbocycles. The van der Waals surface area contributed by atoms with Crippen LogP contribution in [0.5, 0.6) is 0 Å². The standard InChI is InChI=1S/C17H26N2O/c1-3-15-8-4-5-9-16(15)18-11-10-17(20)19-12-6-7-14(2)13-19/h4-5,8-9,14,18H,3,6-7,10-13H2,1-2H3. The number of nitrogens with zero attached hydrogens (tertiary/aromatic N) is 1. The second kappa shape index (κ2) is 7.32. The minimum Gasteiger partial charge on any atom is -0.384 e. The zero-order valence-electron chi connectivity index (χ0n) is 12.7. The van der Waals surface area contributed by atoms with E-state index in [2.05, 4.69) is 37.4 Å². The Morgan fingerprint density at radius 1 is 1.40 bits per heavy atom. The van der Waals surface area contributed by atoms with E-state index in [4.69, 9.17) is 0 Å². The van der Waals surface area contributed by atoms with Gasteiger partial charge in [-0.15, -0.1) is 0 Å². The molecule has 3 heteroatoms. The normalized spacial score (nSPS) is 18.9. The molecule has 2 rings (SSSR count). The summed E-state index contributed by atoms with van der Waals surface area (Å²) in [6.07, 6.45) is 4.01. The van der Waals surface area contributed by atoms with Crippen LogP contribution in [0.3, 0.4) is 0 Å². The van der Waals surface area contributed by atoms with Gasteiger partial charge < -0.3 is 10.2 Å². The first-order valence-corrected chi connectivity index (χ1v) is 7.80. The van der Waals surface area contributed by atoms with Gasteiger partial charge in [-0.2, -0.15) is 0 Å². The highest BCUT2D eigenvalue weighted by Gasteiger charge is 2.20. The highest BCUT2D eigenvalue weighted by atomic mass is 16.2. The number of amides is 1. The van der Waals surface area contributed by atoms with Crippen molar-refractivity contribution in [2.75, 3.05) is 25.0 Å². The number of anilines is 1. The topological polar surface area (TPSA) is 32.3 Å². The number of rotatable bonds is 5. The van der Waals surface area contributed by atoms with Crippen molar-refractivity contribution in [2.24, 2.45) is 5.92 Å². The Balaban J connectivity index is 1.79. The van der Waals surface area contributed by atoms with Crippen molar-refractivity contribution >= 4 is 11.6 Å². The van der Waals surface area contributed by atoms with Gasteiger partial charge in [-0.25, -0.2) is 0 Å². The first-order valence-electron chi connectivity index (χ1n) is 7.80. The van der Waals surface area contributed by atoms with E-state index in [-0.39, 0.29) is 5.91 Å². The molecule has 1 aromatic carbocycles. The lowest BCUT2D eigenvalue weighted by Gasteiger charge is -2.31. The summed E-state index contributed by atoms with van der Waals surface area (Å²) in [6.45, 7) is 6.98. The third kappa shape index (κ3) is 3.99. The Bertz CT molecular complexity index is 444. The van der Waals surface area contributed by atoms with Crippen molar-refractivity contribution in [2.45, 2.75) is 39.5 Å². The largest absolute Gasteiger partial charge is 0.384 e. The summed E-state index contributed by atoms with van der Waals surface area (Å²) in [4.78, 5) is 14.2. The minimum absolute atomic E-state index is 0.290. The monoisotopic (exact) mass is 274 g/mol. The summed E-state index contributed by atoms with van der Waals surface area (Å²) in [7, 11) is 0. The molecule has 110 valence electrons. The van der Waals surface area contributed by atoms with Crippen LogP contribution in [0.2, 0.25) is 0 Å². The van der Waals surface area contributed by atoms with E-state index in [9.17, 15) is 4.79 Å². The average molecular weight is 274 g/mol. The Hall–Kier alpha value is -1.51. The number of hydrogen-bond donors (Lipinski definition) is 1. The van der Waals surface area contributed by atoms with Gasteiger partial charge in [0.25, 0.3) is 0 Å². The number of carbonyl (C=O) groups excluding carboxylic acids is 1. The van der Waals surface area contributed by atoms with Crippen LogP contribution in [0.1, 0.15) is 38.7 Å². The van der Waals surface area contributed by atoms with E-state index in [1.165, 1.54) is 12.0 Å². The van der Waals surface area contributed by atoms with E-state index < -0.39 is 0 Å². The Kier molecular flexibility index (Phi) is 5.45. The fraction of sp³-hybridized carbons (Fsp3) is 0.588. The van der Waals surface area contributed by atoms with E-state index >= 15 is 0 Å². The van der Waals surface area contributed by atoms with Crippen molar-refractivity contribution in [1.82, 2.24) is 4.90 Å². The number of benzene rings is 1. The van der Waals surface area contributed by atoms with Crippen molar-refractivity contribution < 1.29 is 4.79 Å². The number of carbonyl (C=O) groups is 1. The smallest absolute Gasteiger partial charge is 0.224 e. The number of hydrogen-bond acceptors (Lipinski definition) is 2. The fourth-order valence-electron chi connectivity index (χ4n) is 2.88. The van der Waals surface area contributed by atoms with E-state index in [1.807, 2.05) is 11.0 Å². The molecular formula is C17H26N2O. The average Bonchev–Trinajstić information content (AvgIpc) is 2.47. The minimum atomic E-state index is 0.290. The van der Waals surface area contributed by atoms with Gasteiger partial charge in [-0.05, 0) is 36.8 Å². The summed E-state index contributed by atoms with van der Waals surface area (Å²) in [5.41, 5.74) is 2.47. The van der Waals surface area contributed by atoms with Crippen LogP contribution in [-0.4, -0.2) is 30.4 Å². The van der Waals surface area contributed by atoms with Crippen molar-refractivity contribution in [3.05, 3.63) is 29.8 Å². The molecule has 1 amide bonds. The van der Waals surface area contributed by atoms with E-state index in [1.54, 1.807) is 0 Å². The van der Waals surface area contributed by atoms with Gasteiger partial charge in [-0.3, -0.25) is 4.79 Å². The highest BCUT2D eigenvalue weighted by Crippen LogP contribution is 2.17. The summed E-state index contributed by atoms with van der Waals surface area (Å²) < 4.78 is 0. The first kappa shape index (κ1) is 14.9. The Morgan fingerprint density at radius 3 is 2.95 bits per heavy atom. The summed E-state index contributed by atoms with van der Waals surface area (Å²) in [5.74, 6) is 0.944. The van der Waals surface area contributed by atoms with Crippen molar-refractivity contribution in [3.8, 4) is 0 Å². The molecule has 1 saturated heterocycles. The lowest BCUT2D eigenvalue weighted by atomic mass is 10.00. The molecule has 0 spiro atoms. The predicted octanol–water partition coefficient (Wildman–Crippen LogP) is 3.31. The molecule has 1 heterocycles. The zero-order valence-corrected chi connectivity index (χ0v) is 12.7. The van der Waals surface area contributed by atoms with Crippen molar-refractivity contribution in [3.63, 3.8) is 0 Å². The van der Waals surface area contributed by atoms with E-state index in [0.29, 0.717) is 12.3 Å². The summed E-state index contributed by atoms with van der Waals surface area (Å²) >= 11 is 0. The lowest BCUT2D eigenvalue weighted by molar-refractivity contribution is -0.132. The van der Waals surface area contributed by atoms with Crippen LogP contribution in [0.4, 0.5) is 5.69 Å². The number of nitrogens with one attached hydrogen (secondary N) is 1. The molecule has 1 N–H and O–H groups in total. The molecule has 3 nitrogen and oxygen atoms in total. The van der Waals surface area contributed by atoms with Gasteiger partial charge in [0.15, 0.2) is 0 Å². The van der Waals surface area contributed by atoms with Gasteiger partial charge in [0, 0.05) is 31.7 Å². The third-order valence-corrected chi connectivity index (χ3v) is 4.06. The molecule has 1 aliphatic rings. The molecule has 0 aromatic heterocycles. The maximum Gasteiger partial charge on any atom is 0.224 e. The number of para-hydroxylation sites is 1. The van der Waals surface area contributed by atoms with Gasteiger partial charge in [-0.1, -0.05) is 32.0 Å².